The van der Waals surface area contributed by atoms with E-state index in [1.165, 1.54) is 16.9 Å². The first-order valence-electron chi connectivity index (χ1n) is 6.31. The van der Waals surface area contributed by atoms with Crippen molar-refractivity contribution in [2.24, 2.45) is 0 Å². The molecule has 0 unspecified atom stereocenters. The molecule has 2 aromatic heterocycles. The number of thioether (sulfide) groups is 1. The van der Waals surface area contributed by atoms with Gasteiger partial charge in [-0.15, -0.1) is 11.3 Å². The highest BCUT2D eigenvalue weighted by atomic mass is 32.2. The lowest BCUT2D eigenvalue weighted by Gasteiger charge is -2.04. The second-order valence-corrected chi connectivity index (χ2v) is 6.70. The Morgan fingerprint density at radius 3 is 2.90 bits per heavy atom. The minimum absolute atomic E-state index is 0.317. The third-order valence-electron chi connectivity index (χ3n) is 3.06. The van der Waals surface area contributed by atoms with Crippen LogP contribution in [0.2, 0.25) is 0 Å². The fraction of sp³-hybridized carbons (Fsp3) is 0.133. The third-order valence-corrected chi connectivity index (χ3v) is 5.40. The third kappa shape index (κ3) is 2.91. The van der Waals surface area contributed by atoms with E-state index in [9.17, 15) is 4.79 Å². The zero-order valence-electron chi connectivity index (χ0n) is 11.2. The van der Waals surface area contributed by atoms with Gasteiger partial charge in [0.1, 0.15) is 4.88 Å². The zero-order chi connectivity index (χ0) is 14.8. The van der Waals surface area contributed by atoms with E-state index in [1.807, 2.05) is 30.3 Å². The Kier molecular flexibility index (Phi) is 3.90. The number of aromatic nitrogens is 2. The van der Waals surface area contributed by atoms with E-state index in [4.69, 9.17) is 5.11 Å². The predicted molar refractivity (Wildman–Crippen MR) is 85.1 cm³/mol. The molecule has 1 aromatic carbocycles. The number of benzene rings is 1. The summed E-state index contributed by atoms with van der Waals surface area (Å²) in [6, 6.07) is 9.99. The van der Waals surface area contributed by atoms with E-state index >= 15 is 0 Å². The van der Waals surface area contributed by atoms with Gasteiger partial charge in [0.15, 0.2) is 4.34 Å². The van der Waals surface area contributed by atoms with Crippen LogP contribution in [0.25, 0.3) is 10.9 Å². The summed E-state index contributed by atoms with van der Waals surface area (Å²) in [4.78, 5) is 20.0. The van der Waals surface area contributed by atoms with Gasteiger partial charge in [-0.25, -0.2) is 9.78 Å². The number of carboxylic acid groups (broad SMARTS) is 1. The number of para-hydroxylation sites is 1. The van der Waals surface area contributed by atoms with Crippen LogP contribution in [0.5, 0.6) is 0 Å². The number of carbonyl (C=O) groups is 1. The fourth-order valence-corrected chi connectivity index (χ4v) is 4.08. The molecule has 3 rings (SSSR count). The molecular weight excluding hydrogens is 304 g/mol. The van der Waals surface area contributed by atoms with Crippen LogP contribution >= 0.6 is 23.1 Å². The molecule has 2 heterocycles. The number of thiazole rings is 1. The van der Waals surface area contributed by atoms with E-state index < -0.39 is 5.97 Å². The van der Waals surface area contributed by atoms with Gasteiger partial charge in [-0.3, -0.25) is 4.98 Å². The Morgan fingerprint density at radius 1 is 1.33 bits per heavy atom. The summed E-state index contributed by atoms with van der Waals surface area (Å²) in [5, 5.41) is 10.2. The van der Waals surface area contributed by atoms with Crippen molar-refractivity contribution in [2.45, 2.75) is 17.0 Å². The van der Waals surface area contributed by atoms with Gasteiger partial charge in [0.25, 0.3) is 0 Å². The summed E-state index contributed by atoms with van der Waals surface area (Å²) in [7, 11) is 0. The van der Waals surface area contributed by atoms with Gasteiger partial charge < -0.3 is 5.11 Å². The quantitative estimate of drug-likeness (QED) is 0.737. The first-order chi connectivity index (χ1) is 10.1. The van der Waals surface area contributed by atoms with Crippen molar-refractivity contribution in [1.29, 1.82) is 0 Å². The number of aryl methyl sites for hydroxylation is 1. The van der Waals surface area contributed by atoms with Crippen LogP contribution in [0.1, 0.15) is 20.9 Å². The lowest BCUT2D eigenvalue weighted by molar-refractivity contribution is 0.0701. The van der Waals surface area contributed by atoms with Gasteiger partial charge in [0.05, 0.1) is 11.2 Å². The molecule has 6 heteroatoms. The Balaban J connectivity index is 1.84. The topological polar surface area (TPSA) is 63.1 Å². The molecule has 0 aliphatic rings. The molecular formula is C15H12N2O2S2. The number of hydrogen-bond acceptors (Lipinski definition) is 5. The average Bonchev–Trinajstić information content (AvgIpc) is 2.86. The number of pyridine rings is 1. The highest BCUT2D eigenvalue weighted by Gasteiger charge is 2.14. The summed E-state index contributed by atoms with van der Waals surface area (Å²) < 4.78 is 0.783. The lowest BCUT2D eigenvalue weighted by atomic mass is 10.1. The number of nitrogens with zero attached hydrogens (tertiary/aromatic N) is 2. The monoisotopic (exact) mass is 316 g/mol. The van der Waals surface area contributed by atoms with Crippen LogP contribution in [-0.4, -0.2) is 21.0 Å². The van der Waals surface area contributed by atoms with E-state index in [0.29, 0.717) is 10.6 Å². The molecule has 106 valence electrons. The molecule has 0 aliphatic heterocycles. The molecule has 0 aliphatic carbocycles. The van der Waals surface area contributed by atoms with Crippen LogP contribution < -0.4 is 0 Å². The van der Waals surface area contributed by atoms with E-state index in [2.05, 4.69) is 9.97 Å². The minimum atomic E-state index is -0.911. The Labute approximate surface area is 129 Å². The van der Waals surface area contributed by atoms with Crippen molar-refractivity contribution in [2.75, 3.05) is 0 Å². The van der Waals surface area contributed by atoms with Crippen LogP contribution in [0, 0.1) is 6.92 Å². The largest absolute Gasteiger partial charge is 0.477 e. The summed E-state index contributed by atoms with van der Waals surface area (Å²) in [6.45, 7) is 1.73. The van der Waals surface area contributed by atoms with Crippen molar-refractivity contribution in [3.63, 3.8) is 0 Å². The smallest absolute Gasteiger partial charge is 0.347 e. The maximum Gasteiger partial charge on any atom is 0.347 e. The Bertz CT molecular complexity index is 809. The number of fused-ring (bicyclic) bond motifs is 1. The van der Waals surface area contributed by atoms with E-state index in [0.717, 1.165) is 21.0 Å². The lowest BCUT2D eigenvalue weighted by Crippen LogP contribution is -1.94. The molecule has 0 saturated heterocycles. The van der Waals surface area contributed by atoms with Crippen molar-refractivity contribution in [3.05, 3.63) is 52.7 Å². The van der Waals surface area contributed by atoms with Crippen LogP contribution in [0.4, 0.5) is 0 Å². The maximum absolute atomic E-state index is 11.0. The molecule has 21 heavy (non-hydrogen) atoms. The number of rotatable bonds is 4. The average molecular weight is 316 g/mol. The number of carboxylic acids is 1. The van der Waals surface area contributed by atoms with Gasteiger partial charge in [0.2, 0.25) is 0 Å². The molecule has 0 amide bonds. The number of hydrogen-bond donors (Lipinski definition) is 1. The van der Waals surface area contributed by atoms with E-state index in [-0.39, 0.29) is 0 Å². The van der Waals surface area contributed by atoms with Gasteiger partial charge in [-0.05, 0) is 24.6 Å². The molecule has 1 N–H and O–H groups in total. The highest BCUT2D eigenvalue weighted by molar-refractivity contribution is 8.00. The van der Waals surface area contributed by atoms with Crippen LogP contribution in [-0.2, 0) is 5.75 Å². The van der Waals surface area contributed by atoms with Crippen LogP contribution in [0.15, 0.2) is 40.9 Å². The van der Waals surface area contributed by atoms with Crippen molar-refractivity contribution in [1.82, 2.24) is 9.97 Å². The standard InChI is InChI=1S/C15H12N2O2S2/c1-9-13(14(18)19)21-15(17-9)20-8-10-6-7-16-12-5-3-2-4-11(10)12/h2-7H,8H2,1H3,(H,18,19). The van der Waals surface area contributed by atoms with Gasteiger partial charge in [0, 0.05) is 17.3 Å². The molecule has 4 nitrogen and oxygen atoms in total. The zero-order valence-corrected chi connectivity index (χ0v) is 12.9. The molecule has 0 radical (unpaired) electrons. The fourth-order valence-electron chi connectivity index (χ4n) is 2.05. The molecule has 0 bridgehead atoms. The molecule has 3 aromatic rings. The summed E-state index contributed by atoms with van der Waals surface area (Å²) >= 11 is 2.79. The summed E-state index contributed by atoms with van der Waals surface area (Å²) in [5.74, 6) is -0.166. The van der Waals surface area contributed by atoms with Crippen molar-refractivity contribution >= 4 is 40.0 Å². The molecule has 0 spiro atoms. The first kappa shape index (κ1) is 14.0. The molecule has 0 fully saturated rings. The molecule has 0 saturated carbocycles. The number of aromatic carboxylic acids is 1. The minimum Gasteiger partial charge on any atom is -0.477 e. The summed E-state index contributed by atoms with van der Waals surface area (Å²) in [5.41, 5.74) is 2.72. The maximum atomic E-state index is 11.0. The van der Waals surface area contributed by atoms with Gasteiger partial charge >= 0.3 is 5.97 Å². The SMILES string of the molecule is Cc1nc(SCc2ccnc3ccccc23)sc1C(=O)O. The molecule has 0 atom stereocenters. The van der Waals surface area contributed by atoms with E-state index in [1.54, 1.807) is 24.9 Å². The predicted octanol–water partition coefficient (Wildman–Crippen LogP) is 3.99. The second-order valence-electron chi connectivity index (χ2n) is 4.48. The van der Waals surface area contributed by atoms with Crippen molar-refractivity contribution in [3.8, 4) is 0 Å². The first-order valence-corrected chi connectivity index (χ1v) is 8.11. The summed E-state index contributed by atoms with van der Waals surface area (Å²) in [6.07, 6.45) is 1.80. The highest BCUT2D eigenvalue weighted by Crippen LogP contribution is 2.31. The van der Waals surface area contributed by atoms with Crippen LogP contribution in [0.3, 0.4) is 0 Å². The van der Waals surface area contributed by atoms with Gasteiger partial charge in [-0.2, -0.15) is 0 Å². The normalized spacial score (nSPS) is 10.9. The van der Waals surface area contributed by atoms with Crippen molar-refractivity contribution < 1.29 is 9.90 Å². The van der Waals surface area contributed by atoms with Gasteiger partial charge in [-0.1, -0.05) is 30.0 Å². The Hall–Kier alpha value is -1.92. The second kappa shape index (κ2) is 5.83. The Morgan fingerprint density at radius 2 is 2.14 bits per heavy atom.